The van der Waals surface area contributed by atoms with E-state index in [1.807, 2.05) is 6.07 Å². The number of amides is 1. The molecule has 8 heteroatoms. The van der Waals surface area contributed by atoms with Gasteiger partial charge in [-0.05, 0) is 48.6 Å². The van der Waals surface area contributed by atoms with Gasteiger partial charge in [-0.2, -0.15) is 0 Å². The number of halogens is 1. The number of aliphatic hydroxyl groups excluding tert-OH is 1. The summed E-state index contributed by atoms with van der Waals surface area (Å²) in [5.41, 5.74) is 2.67. The molecule has 1 aliphatic carbocycles. The lowest BCUT2D eigenvalue weighted by Crippen LogP contribution is -2.24. The number of carbonyl (C=O) groups excluding carboxylic acids is 1. The molecule has 1 amide bonds. The van der Waals surface area contributed by atoms with Gasteiger partial charge in [0.15, 0.2) is 11.6 Å². The molecule has 4 rings (SSSR count). The number of nitrogens with zero attached hydrogens (tertiary/aromatic N) is 2. The van der Waals surface area contributed by atoms with Gasteiger partial charge in [0, 0.05) is 30.1 Å². The van der Waals surface area contributed by atoms with Crippen LogP contribution in [0.4, 0.5) is 4.39 Å². The van der Waals surface area contributed by atoms with Crippen LogP contribution in [-0.4, -0.2) is 34.7 Å². The van der Waals surface area contributed by atoms with Crippen LogP contribution in [0.3, 0.4) is 0 Å². The Balaban J connectivity index is 1.58. The minimum absolute atomic E-state index is 0.126. The second-order valence-electron chi connectivity index (χ2n) is 7.64. The summed E-state index contributed by atoms with van der Waals surface area (Å²) in [6, 6.07) is 9.76. The standard InChI is InChI=1S/C24H24FN3O4/c1-31-22-7-6-16(9-20(22)25)11-27-23(30)19-10-17(18-3-2-8-26-21(18)13-29)12-28-24(19)32-14-15-4-5-15/h2-3,6-10,12,15,29H,4-5,11,13-14H2,1H3,(H,27,30). The van der Waals surface area contributed by atoms with Crippen molar-refractivity contribution in [3.8, 4) is 22.8 Å². The molecule has 2 heterocycles. The lowest BCUT2D eigenvalue weighted by Gasteiger charge is -2.14. The van der Waals surface area contributed by atoms with Gasteiger partial charge in [0.05, 0.1) is 26.0 Å². The molecule has 2 aromatic heterocycles. The van der Waals surface area contributed by atoms with E-state index in [0.717, 1.165) is 12.8 Å². The quantitative estimate of drug-likeness (QED) is 0.532. The molecule has 0 saturated heterocycles. The van der Waals surface area contributed by atoms with Crippen LogP contribution in [0.5, 0.6) is 11.6 Å². The summed E-state index contributed by atoms with van der Waals surface area (Å²) in [5, 5.41) is 12.4. The third kappa shape index (κ3) is 5.03. The lowest BCUT2D eigenvalue weighted by molar-refractivity contribution is 0.0945. The zero-order valence-electron chi connectivity index (χ0n) is 17.7. The Labute approximate surface area is 185 Å². The number of ether oxygens (including phenoxy) is 2. The molecule has 0 atom stereocenters. The zero-order chi connectivity index (χ0) is 22.5. The van der Waals surface area contributed by atoms with Gasteiger partial charge in [-0.1, -0.05) is 12.1 Å². The average molecular weight is 437 g/mol. The topological polar surface area (TPSA) is 93.6 Å². The number of aromatic nitrogens is 2. The van der Waals surface area contributed by atoms with Crippen LogP contribution in [0.2, 0.25) is 0 Å². The maximum atomic E-state index is 14.0. The summed E-state index contributed by atoms with van der Waals surface area (Å²) >= 11 is 0. The molecule has 0 unspecified atom stereocenters. The number of hydrogen-bond acceptors (Lipinski definition) is 6. The Hall–Kier alpha value is -3.52. The molecule has 0 bridgehead atoms. The molecule has 7 nitrogen and oxygen atoms in total. The van der Waals surface area contributed by atoms with Crippen molar-refractivity contribution in [1.29, 1.82) is 0 Å². The largest absolute Gasteiger partial charge is 0.494 e. The van der Waals surface area contributed by atoms with Crippen molar-refractivity contribution >= 4 is 5.91 Å². The van der Waals surface area contributed by atoms with Crippen LogP contribution in [0.25, 0.3) is 11.1 Å². The van der Waals surface area contributed by atoms with E-state index in [1.54, 1.807) is 30.6 Å². The van der Waals surface area contributed by atoms with Crippen molar-refractivity contribution in [2.45, 2.75) is 26.0 Å². The number of benzene rings is 1. The molecule has 166 valence electrons. The molecule has 2 N–H and O–H groups in total. The molecule has 1 aromatic carbocycles. The van der Waals surface area contributed by atoms with Crippen molar-refractivity contribution in [3.63, 3.8) is 0 Å². The number of pyridine rings is 2. The molecule has 1 aliphatic rings. The van der Waals surface area contributed by atoms with Crippen molar-refractivity contribution in [3.05, 3.63) is 71.4 Å². The summed E-state index contributed by atoms with van der Waals surface area (Å²) in [5.74, 6) is -0.00772. The smallest absolute Gasteiger partial charge is 0.257 e. The summed E-state index contributed by atoms with van der Waals surface area (Å²) in [7, 11) is 1.40. The molecular weight excluding hydrogens is 413 g/mol. The van der Waals surface area contributed by atoms with E-state index in [0.29, 0.717) is 34.9 Å². The second kappa shape index (κ2) is 9.74. The number of methoxy groups -OCH3 is 1. The van der Waals surface area contributed by atoms with E-state index < -0.39 is 11.7 Å². The highest BCUT2D eigenvalue weighted by Gasteiger charge is 2.24. The van der Waals surface area contributed by atoms with Gasteiger partial charge < -0.3 is 19.9 Å². The Morgan fingerprint density at radius 2 is 2.09 bits per heavy atom. The van der Waals surface area contributed by atoms with Gasteiger partial charge in [0.1, 0.15) is 5.56 Å². The maximum absolute atomic E-state index is 14.0. The van der Waals surface area contributed by atoms with E-state index in [1.165, 1.54) is 19.2 Å². The highest BCUT2D eigenvalue weighted by Crippen LogP contribution is 2.31. The Morgan fingerprint density at radius 1 is 1.25 bits per heavy atom. The molecule has 32 heavy (non-hydrogen) atoms. The van der Waals surface area contributed by atoms with Crippen LogP contribution in [0.1, 0.15) is 34.5 Å². The van der Waals surface area contributed by atoms with Crippen molar-refractivity contribution in [2.24, 2.45) is 5.92 Å². The third-order valence-corrected chi connectivity index (χ3v) is 5.27. The van der Waals surface area contributed by atoms with Crippen molar-refractivity contribution in [2.75, 3.05) is 13.7 Å². The second-order valence-corrected chi connectivity index (χ2v) is 7.64. The molecule has 0 aliphatic heterocycles. The van der Waals surface area contributed by atoms with Crippen LogP contribution in [-0.2, 0) is 13.2 Å². The average Bonchev–Trinajstić information content (AvgIpc) is 3.66. The van der Waals surface area contributed by atoms with Gasteiger partial charge in [0.25, 0.3) is 5.91 Å². The third-order valence-electron chi connectivity index (χ3n) is 5.27. The number of rotatable bonds is 9. The van der Waals surface area contributed by atoms with Crippen LogP contribution < -0.4 is 14.8 Å². The summed E-state index contributed by atoms with van der Waals surface area (Å²) < 4.78 is 24.7. The first-order valence-electron chi connectivity index (χ1n) is 10.4. The number of aliphatic hydroxyl groups is 1. The molecule has 1 fully saturated rings. The van der Waals surface area contributed by atoms with Crippen LogP contribution in [0, 0.1) is 11.7 Å². The summed E-state index contributed by atoms with van der Waals surface area (Å²) in [6.45, 7) is 0.395. The number of nitrogens with one attached hydrogen (secondary N) is 1. The van der Waals surface area contributed by atoms with E-state index in [9.17, 15) is 14.3 Å². The molecule has 0 radical (unpaired) electrons. The molecule has 1 saturated carbocycles. The minimum Gasteiger partial charge on any atom is -0.494 e. The SMILES string of the molecule is COc1ccc(CNC(=O)c2cc(-c3cccnc3CO)cnc2OCC2CC2)cc1F. The fourth-order valence-corrected chi connectivity index (χ4v) is 3.28. The van der Waals surface area contributed by atoms with Crippen LogP contribution in [0.15, 0.2) is 48.8 Å². The molecule has 3 aromatic rings. The normalized spacial score (nSPS) is 13.0. The molecule has 0 spiro atoms. The fourth-order valence-electron chi connectivity index (χ4n) is 3.28. The van der Waals surface area contributed by atoms with E-state index >= 15 is 0 Å². The highest BCUT2D eigenvalue weighted by atomic mass is 19.1. The highest BCUT2D eigenvalue weighted by molar-refractivity contribution is 5.97. The van der Waals surface area contributed by atoms with Gasteiger partial charge in [-0.3, -0.25) is 9.78 Å². The van der Waals surface area contributed by atoms with Crippen molar-refractivity contribution < 1.29 is 23.8 Å². The maximum Gasteiger partial charge on any atom is 0.257 e. The van der Waals surface area contributed by atoms with E-state index in [-0.39, 0.29) is 30.3 Å². The Morgan fingerprint density at radius 3 is 2.81 bits per heavy atom. The van der Waals surface area contributed by atoms with Gasteiger partial charge in [-0.15, -0.1) is 0 Å². The fraction of sp³-hybridized carbons (Fsp3) is 0.292. The van der Waals surface area contributed by atoms with E-state index in [4.69, 9.17) is 9.47 Å². The zero-order valence-corrected chi connectivity index (χ0v) is 17.7. The predicted octanol–water partition coefficient (Wildman–Crippen LogP) is 3.50. The lowest BCUT2D eigenvalue weighted by atomic mass is 10.0. The number of carbonyl (C=O) groups is 1. The van der Waals surface area contributed by atoms with Crippen LogP contribution >= 0.6 is 0 Å². The summed E-state index contributed by atoms with van der Waals surface area (Å²) in [4.78, 5) is 21.6. The first kappa shape index (κ1) is 21.7. The monoisotopic (exact) mass is 437 g/mol. The minimum atomic E-state index is -0.496. The summed E-state index contributed by atoms with van der Waals surface area (Å²) in [6.07, 6.45) is 5.42. The van der Waals surface area contributed by atoms with Gasteiger partial charge in [-0.25, -0.2) is 9.37 Å². The van der Waals surface area contributed by atoms with Crippen molar-refractivity contribution in [1.82, 2.24) is 15.3 Å². The first-order valence-corrected chi connectivity index (χ1v) is 10.4. The van der Waals surface area contributed by atoms with Gasteiger partial charge >= 0.3 is 0 Å². The Bertz CT molecular complexity index is 1120. The van der Waals surface area contributed by atoms with E-state index in [2.05, 4.69) is 15.3 Å². The molecular formula is C24H24FN3O4. The van der Waals surface area contributed by atoms with Gasteiger partial charge in [0.2, 0.25) is 5.88 Å². The Kier molecular flexibility index (Phi) is 6.61. The first-order chi connectivity index (χ1) is 15.6. The number of hydrogen-bond donors (Lipinski definition) is 2. The predicted molar refractivity (Wildman–Crippen MR) is 116 cm³/mol.